The van der Waals surface area contributed by atoms with E-state index in [4.69, 9.17) is 9.47 Å². The molecule has 0 atom stereocenters. The topological polar surface area (TPSA) is 88.2 Å². The Labute approximate surface area is 188 Å². The third-order valence-corrected chi connectivity index (χ3v) is 7.34. The van der Waals surface area contributed by atoms with E-state index >= 15 is 0 Å². The fraction of sp³-hybridized carbons (Fsp3) is 0.348. The monoisotopic (exact) mass is 457 g/mol. The van der Waals surface area contributed by atoms with E-state index in [2.05, 4.69) is 10.2 Å². The van der Waals surface area contributed by atoms with E-state index in [1.807, 2.05) is 24.3 Å². The number of ether oxygens (including phenoxy) is 2. The van der Waals surface area contributed by atoms with Gasteiger partial charge in [-0.05, 0) is 48.0 Å². The lowest BCUT2D eigenvalue weighted by Crippen LogP contribution is -2.40. The van der Waals surface area contributed by atoms with Crippen molar-refractivity contribution in [3.63, 3.8) is 0 Å². The van der Waals surface area contributed by atoms with Crippen LogP contribution in [-0.2, 0) is 24.3 Å². The van der Waals surface area contributed by atoms with Crippen molar-refractivity contribution in [2.45, 2.75) is 4.90 Å². The fourth-order valence-electron chi connectivity index (χ4n) is 3.62. The van der Waals surface area contributed by atoms with Crippen molar-refractivity contribution < 1.29 is 22.7 Å². The second kappa shape index (κ2) is 10.3. The first-order chi connectivity index (χ1) is 15.5. The van der Waals surface area contributed by atoms with Gasteiger partial charge in [0.2, 0.25) is 15.9 Å². The lowest BCUT2D eigenvalue weighted by molar-refractivity contribution is -0.111. The highest BCUT2D eigenvalue weighted by molar-refractivity contribution is 7.89. The summed E-state index contributed by atoms with van der Waals surface area (Å²) in [6.07, 6.45) is 3.09. The predicted octanol–water partition coefficient (Wildman–Crippen LogP) is 2.20. The molecule has 8 nitrogen and oxygen atoms in total. The number of anilines is 2. The fourth-order valence-corrected chi connectivity index (χ4v) is 5.03. The standard InChI is InChI=1S/C23H27N3O5S/c27-23(24-20-4-6-21(7-5-20)25-11-15-30-16-12-25)10-3-19-1-8-22(9-2-19)32(28,29)26-13-17-31-18-14-26/h1-10H,11-18H2,(H,24,27)/b10-3+. The molecule has 0 aromatic heterocycles. The first-order valence-electron chi connectivity index (χ1n) is 10.6. The Morgan fingerprint density at radius 3 is 2.06 bits per heavy atom. The SMILES string of the molecule is O=C(/C=C/c1ccc(S(=O)(=O)N2CCOCC2)cc1)Nc1ccc(N2CCOCC2)cc1. The van der Waals surface area contributed by atoms with Gasteiger partial charge in [-0.3, -0.25) is 4.79 Å². The molecule has 2 aromatic rings. The lowest BCUT2D eigenvalue weighted by Gasteiger charge is -2.28. The number of amides is 1. The van der Waals surface area contributed by atoms with Crippen LogP contribution in [-0.4, -0.2) is 71.2 Å². The number of hydrogen-bond donors (Lipinski definition) is 1. The van der Waals surface area contributed by atoms with Crippen LogP contribution < -0.4 is 10.2 Å². The van der Waals surface area contributed by atoms with Gasteiger partial charge < -0.3 is 19.7 Å². The Bertz CT molecular complexity index is 1040. The number of rotatable bonds is 6. The van der Waals surface area contributed by atoms with Gasteiger partial charge in [-0.2, -0.15) is 4.31 Å². The van der Waals surface area contributed by atoms with Crippen LogP contribution in [0.2, 0.25) is 0 Å². The lowest BCUT2D eigenvalue weighted by atomic mass is 10.2. The number of carbonyl (C=O) groups is 1. The molecule has 2 fully saturated rings. The molecule has 2 saturated heterocycles. The zero-order valence-electron chi connectivity index (χ0n) is 17.8. The zero-order chi connectivity index (χ0) is 22.4. The van der Waals surface area contributed by atoms with E-state index in [0.29, 0.717) is 32.0 Å². The van der Waals surface area contributed by atoms with Crippen molar-refractivity contribution in [1.29, 1.82) is 0 Å². The molecule has 2 aliphatic heterocycles. The Morgan fingerprint density at radius 2 is 1.44 bits per heavy atom. The third kappa shape index (κ3) is 5.55. The predicted molar refractivity (Wildman–Crippen MR) is 123 cm³/mol. The summed E-state index contributed by atoms with van der Waals surface area (Å²) in [6.45, 7) is 4.71. The second-order valence-corrected chi connectivity index (χ2v) is 9.49. The van der Waals surface area contributed by atoms with Gasteiger partial charge in [0.05, 0.1) is 31.3 Å². The highest BCUT2D eigenvalue weighted by atomic mass is 32.2. The summed E-state index contributed by atoms with van der Waals surface area (Å²) in [4.78, 5) is 14.8. The minimum atomic E-state index is -3.52. The molecule has 0 saturated carbocycles. The quantitative estimate of drug-likeness (QED) is 0.669. The zero-order valence-corrected chi connectivity index (χ0v) is 18.6. The first-order valence-corrected chi connectivity index (χ1v) is 12.1. The Kier molecular flexibility index (Phi) is 7.21. The van der Waals surface area contributed by atoms with Gasteiger partial charge >= 0.3 is 0 Å². The molecule has 0 bridgehead atoms. The highest BCUT2D eigenvalue weighted by Gasteiger charge is 2.25. The molecule has 0 unspecified atom stereocenters. The smallest absolute Gasteiger partial charge is 0.248 e. The van der Waals surface area contributed by atoms with E-state index in [1.54, 1.807) is 30.3 Å². The molecule has 4 rings (SSSR count). The van der Waals surface area contributed by atoms with Crippen LogP contribution in [0.5, 0.6) is 0 Å². The third-order valence-electron chi connectivity index (χ3n) is 5.43. The van der Waals surface area contributed by atoms with Crippen LogP contribution in [0.15, 0.2) is 59.5 Å². The molecule has 2 aromatic carbocycles. The summed E-state index contributed by atoms with van der Waals surface area (Å²) in [5.41, 5.74) is 2.56. The van der Waals surface area contributed by atoms with Crippen molar-refractivity contribution in [3.05, 3.63) is 60.2 Å². The van der Waals surface area contributed by atoms with Crippen LogP contribution in [0.3, 0.4) is 0 Å². The number of nitrogens with one attached hydrogen (secondary N) is 1. The molecule has 2 heterocycles. The van der Waals surface area contributed by atoms with Gasteiger partial charge in [0.1, 0.15) is 0 Å². The van der Waals surface area contributed by atoms with E-state index in [0.717, 1.165) is 37.6 Å². The van der Waals surface area contributed by atoms with Crippen molar-refractivity contribution in [3.8, 4) is 0 Å². The molecule has 1 amide bonds. The molecular weight excluding hydrogens is 430 g/mol. The maximum absolute atomic E-state index is 12.7. The number of carbonyl (C=O) groups excluding carboxylic acids is 1. The average Bonchev–Trinajstić information content (AvgIpc) is 2.84. The van der Waals surface area contributed by atoms with E-state index in [9.17, 15) is 13.2 Å². The summed E-state index contributed by atoms with van der Waals surface area (Å²) in [5.74, 6) is -0.255. The summed E-state index contributed by atoms with van der Waals surface area (Å²) in [7, 11) is -3.52. The van der Waals surface area contributed by atoms with Gasteiger partial charge in [-0.1, -0.05) is 12.1 Å². The number of nitrogens with zero attached hydrogens (tertiary/aromatic N) is 2. The van der Waals surface area contributed by atoms with Gasteiger partial charge in [0.25, 0.3) is 0 Å². The van der Waals surface area contributed by atoms with Gasteiger partial charge in [0.15, 0.2) is 0 Å². The summed E-state index contributed by atoms with van der Waals surface area (Å²) >= 11 is 0. The molecule has 0 aliphatic carbocycles. The van der Waals surface area contributed by atoms with Crippen LogP contribution in [0, 0.1) is 0 Å². The van der Waals surface area contributed by atoms with Crippen LogP contribution >= 0.6 is 0 Å². The molecule has 2 aliphatic rings. The Morgan fingerprint density at radius 1 is 0.844 bits per heavy atom. The number of hydrogen-bond acceptors (Lipinski definition) is 6. The molecule has 32 heavy (non-hydrogen) atoms. The van der Waals surface area contributed by atoms with E-state index in [-0.39, 0.29) is 10.8 Å². The molecule has 1 N–H and O–H groups in total. The average molecular weight is 458 g/mol. The van der Waals surface area contributed by atoms with Crippen LogP contribution in [0.4, 0.5) is 11.4 Å². The first kappa shape index (κ1) is 22.5. The summed E-state index contributed by atoms with van der Waals surface area (Å²) in [5, 5.41) is 2.84. The Balaban J connectivity index is 1.33. The van der Waals surface area contributed by atoms with Crippen LogP contribution in [0.25, 0.3) is 6.08 Å². The maximum Gasteiger partial charge on any atom is 0.248 e. The number of morpholine rings is 2. The van der Waals surface area contributed by atoms with E-state index in [1.165, 1.54) is 10.4 Å². The van der Waals surface area contributed by atoms with Gasteiger partial charge in [-0.25, -0.2) is 8.42 Å². The molecule has 9 heteroatoms. The number of benzene rings is 2. The maximum atomic E-state index is 12.7. The largest absolute Gasteiger partial charge is 0.379 e. The van der Waals surface area contributed by atoms with E-state index < -0.39 is 10.0 Å². The van der Waals surface area contributed by atoms with Crippen molar-refractivity contribution >= 4 is 33.4 Å². The van der Waals surface area contributed by atoms with Gasteiger partial charge in [-0.15, -0.1) is 0 Å². The van der Waals surface area contributed by atoms with Crippen molar-refractivity contribution in [1.82, 2.24) is 4.31 Å². The van der Waals surface area contributed by atoms with Crippen molar-refractivity contribution in [2.24, 2.45) is 0 Å². The molecule has 170 valence electrons. The van der Waals surface area contributed by atoms with Gasteiger partial charge in [0, 0.05) is 43.6 Å². The molecule has 0 spiro atoms. The Hall–Kier alpha value is -2.72. The summed E-state index contributed by atoms with van der Waals surface area (Å²) in [6, 6.07) is 14.2. The van der Waals surface area contributed by atoms with Crippen LogP contribution in [0.1, 0.15) is 5.56 Å². The normalized spacial score (nSPS) is 18.1. The highest BCUT2D eigenvalue weighted by Crippen LogP contribution is 2.20. The number of sulfonamides is 1. The van der Waals surface area contributed by atoms with Crippen molar-refractivity contribution in [2.75, 3.05) is 62.8 Å². The minimum absolute atomic E-state index is 0.237. The summed E-state index contributed by atoms with van der Waals surface area (Å²) < 4.78 is 37.4. The molecular formula is C23H27N3O5S. The molecule has 0 radical (unpaired) electrons. The minimum Gasteiger partial charge on any atom is -0.379 e. The second-order valence-electron chi connectivity index (χ2n) is 7.55.